The van der Waals surface area contributed by atoms with E-state index in [1.807, 2.05) is 21.0 Å². The van der Waals surface area contributed by atoms with Gasteiger partial charge in [0.1, 0.15) is 6.10 Å². The third kappa shape index (κ3) is 6.57. The van der Waals surface area contributed by atoms with Crippen LogP contribution in [0.5, 0.6) is 0 Å². The molecule has 0 bridgehead atoms. The molecule has 0 aromatic rings. The van der Waals surface area contributed by atoms with Gasteiger partial charge in [-0.05, 0) is 71.0 Å². The second-order valence-corrected chi connectivity index (χ2v) is 7.61. The summed E-state index contributed by atoms with van der Waals surface area (Å²) in [5.74, 6) is -0.626. The SMILES string of the molecule is C[C@H]1CCC/C=C/[C@H]2C[C@H](OC(=O)CN(C)C)C[C@H]2[C@@H](O)/C=C/C(=O)O1. The number of carbonyl (C=O) groups is 2. The second kappa shape index (κ2) is 9.88. The Morgan fingerprint density at radius 3 is 2.85 bits per heavy atom. The number of hydrogen-bond donors (Lipinski definition) is 1. The van der Waals surface area contributed by atoms with Crippen molar-refractivity contribution in [3.05, 3.63) is 24.3 Å². The van der Waals surface area contributed by atoms with Crippen LogP contribution in [0.1, 0.15) is 39.0 Å². The topological polar surface area (TPSA) is 76.1 Å². The Kier molecular flexibility index (Phi) is 7.85. The van der Waals surface area contributed by atoms with Crippen molar-refractivity contribution < 1.29 is 24.2 Å². The van der Waals surface area contributed by atoms with E-state index in [1.54, 1.807) is 4.90 Å². The highest BCUT2D eigenvalue weighted by atomic mass is 16.5. The van der Waals surface area contributed by atoms with Crippen LogP contribution in [-0.2, 0) is 19.1 Å². The number of esters is 2. The van der Waals surface area contributed by atoms with E-state index in [0.717, 1.165) is 19.3 Å². The van der Waals surface area contributed by atoms with Crippen molar-refractivity contribution in [1.29, 1.82) is 0 Å². The van der Waals surface area contributed by atoms with Gasteiger partial charge in [0.15, 0.2) is 0 Å². The average molecular weight is 365 g/mol. The van der Waals surface area contributed by atoms with Crippen molar-refractivity contribution in [3.63, 3.8) is 0 Å². The molecule has 1 N–H and O–H groups in total. The van der Waals surface area contributed by atoms with Crippen molar-refractivity contribution in [2.75, 3.05) is 20.6 Å². The predicted molar refractivity (Wildman–Crippen MR) is 98.3 cm³/mol. The van der Waals surface area contributed by atoms with E-state index in [2.05, 4.69) is 12.2 Å². The molecular formula is C20H31NO5. The number of aliphatic hydroxyl groups is 1. The van der Waals surface area contributed by atoms with E-state index in [9.17, 15) is 14.7 Å². The third-order valence-corrected chi connectivity index (χ3v) is 4.91. The van der Waals surface area contributed by atoms with Gasteiger partial charge in [-0.3, -0.25) is 9.69 Å². The van der Waals surface area contributed by atoms with Crippen LogP contribution >= 0.6 is 0 Å². The molecule has 0 amide bonds. The first kappa shape index (κ1) is 20.6. The fourth-order valence-corrected chi connectivity index (χ4v) is 3.66. The molecule has 0 aromatic carbocycles. The highest BCUT2D eigenvalue weighted by Crippen LogP contribution is 2.38. The molecule has 0 spiro atoms. The Balaban J connectivity index is 2.05. The van der Waals surface area contributed by atoms with Crippen LogP contribution in [0, 0.1) is 11.8 Å². The number of hydrogen-bond acceptors (Lipinski definition) is 6. The van der Waals surface area contributed by atoms with Crippen LogP contribution < -0.4 is 0 Å². The predicted octanol–water partition coefficient (Wildman–Crippen LogP) is 2.07. The highest BCUT2D eigenvalue weighted by molar-refractivity contribution is 5.82. The number of ether oxygens (including phenoxy) is 2. The van der Waals surface area contributed by atoms with Crippen LogP contribution in [0.15, 0.2) is 24.3 Å². The Morgan fingerprint density at radius 2 is 2.12 bits per heavy atom. The molecule has 0 unspecified atom stereocenters. The maximum Gasteiger partial charge on any atom is 0.330 e. The lowest BCUT2D eigenvalue weighted by Crippen LogP contribution is -2.27. The second-order valence-electron chi connectivity index (χ2n) is 7.61. The smallest absolute Gasteiger partial charge is 0.330 e. The summed E-state index contributed by atoms with van der Waals surface area (Å²) in [4.78, 5) is 25.5. The molecule has 6 heteroatoms. The number of carbonyl (C=O) groups excluding carboxylic acids is 2. The summed E-state index contributed by atoms with van der Waals surface area (Å²) in [5, 5.41) is 10.5. The lowest BCUT2D eigenvalue weighted by atomic mass is 9.90. The van der Waals surface area contributed by atoms with Gasteiger partial charge >= 0.3 is 11.9 Å². The van der Waals surface area contributed by atoms with Crippen LogP contribution in [0.25, 0.3) is 0 Å². The summed E-state index contributed by atoms with van der Waals surface area (Å²) in [6, 6.07) is 0. The van der Waals surface area contributed by atoms with Crippen molar-refractivity contribution in [1.82, 2.24) is 4.90 Å². The number of cyclic esters (lactones) is 1. The number of allylic oxidation sites excluding steroid dienone is 2. The van der Waals surface area contributed by atoms with E-state index in [4.69, 9.17) is 9.47 Å². The van der Waals surface area contributed by atoms with E-state index in [-0.39, 0.29) is 36.6 Å². The van der Waals surface area contributed by atoms with Gasteiger partial charge in [-0.15, -0.1) is 0 Å². The molecule has 1 saturated carbocycles. The first-order valence-corrected chi connectivity index (χ1v) is 9.43. The van der Waals surface area contributed by atoms with Gasteiger partial charge in [0, 0.05) is 6.08 Å². The van der Waals surface area contributed by atoms with Crippen LogP contribution in [0.3, 0.4) is 0 Å². The lowest BCUT2D eigenvalue weighted by molar-refractivity contribution is -0.149. The van der Waals surface area contributed by atoms with E-state index in [1.165, 1.54) is 12.2 Å². The minimum Gasteiger partial charge on any atom is -0.461 e. The summed E-state index contributed by atoms with van der Waals surface area (Å²) in [5.41, 5.74) is 0. The van der Waals surface area contributed by atoms with Gasteiger partial charge in [0.05, 0.1) is 18.8 Å². The van der Waals surface area contributed by atoms with Gasteiger partial charge in [-0.2, -0.15) is 0 Å². The zero-order valence-electron chi connectivity index (χ0n) is 16.0. The summed E-state index contributed by atoms with van der Waals surface area (Å²) in [6.07, 6.45) is 9.91. The quantitative estimate of drug-likeness (QED) is 0.610. The lowest BCUT2D eigenvalue weighted by Gasteiger charge is -2.19. The molecule has 1 aliphatic heterocycles. The van der Waals surface area contributed by atoms with Crippen molar-refractivity contribution in [3.8, 4) is 0 Å². The van der Waals surface area contributed by atoms with E-state index in [0.29, 0.717) is 12.8 Å². The van der Waals surface area contributed by atoms with Crippen LogP contribution in [0.4, 0.5) is 0 Å². The molecule has 6 nitrogen and oxygen atoms in total. The number of likely N-dealkylation sites (N-methyl/N-ethyl adjacent to an activating group) is 1. The molecular weight excluding hydrogens is 334 g/mol. The first-order chi connectivity index (χ1) is 12.3. The number of aliphatic hydroxyl groups excluding tert-OH is 1. The minimum atomic E-state index is -0.772. The number of fused-ring (bicyclic) bond motifs is 1. The van der Waals surface area contributed by atoms with Gasteiger partial charge in [0.25, 0.3) is 0 Å². The molecule has 26 heavy (non-hydrogen) atoms. The van der Waals surface area contributed by atoms with Crippen molar-refractivity contribution in [2.24, 2.45) is 11.8 Å². The van der Waals surface area contributed by atoms with Crippen LogP contribution in [-0.4, -0.2) is 60.9 Å². The van der Waals surface area contributed by atoms with Gasteiger partial charge in [-0.1, -0.05) is 12.2 Å². The first-order valence-electron chi connectivity index (χ1n) is 9.43. The maximum atomic E-state index is 11.9. The molecule has 1 fully saturated rings. The minimum absolute atomic E-state index is 0.0781. The van der Waals surface area contributed by atoms with Gasteiger partial charge < -0.3 is 14.6 Å². The molecule has 2 rings (SSSR count). The molecule has 1 heterocycles. The zero-order chi connectivity index (χ0) is 19.1. The standard InChI is InChI=1S/C20H31NO5/c1-14-7-5-4-6-8-15-11-16(26-20(24)13-21(2)3)12-17(15)18(22)9-10-19(23)25-14/h6,8-10,14-18,22H,4-5,7,11-13H2,1-3H3/b8-6+,10-9+/t14-,15-,16-,17+,18-/m0/s1. The maximum absolute atomic E-state index is 11.9. The van der Waals surface area contributed by atoms with Crippen LogP contribution in [0.2, 0.25) is 0 Å². The number of nitrogens with zero attached hydrogens (tertiary/aromatic N) is 1. The summed E-state index contributed by atoms with van der Waals surface area (Å²) < 4.78 is 10.9. The molecule has 146 valence electrons. The summed E-state index contributed by atoms with van der Waals surface area (Å²) >= 11 is 0. The van der Waals surface area contributed by atoms with E-state index >= 15 is 0 Å². The van der Waals surface area contributed by atoms with E-state index < -0.39 is 12.1 Å². The molecule has 2 aliphatic rings. The van der Waals surface area contributed by atoms with Gasteiger partial charge in [0.2, 0.25) is 0 Å². The van der Waals surface area contributed by atoms with Crippen molar-refractivity contribution in [2.45, 2.75) is 57.3 Å². The molecule has 0 saturated heterocycles. The Morgan fingerprint density at radius 1 is 1.35 bits per heavy atom. The highest BCUT2D eigenvalue weighted by Gasteiger charge is 2.38. The molecule has 1 aliphatic carbocycles. The summed E-state index contributed by atoms with van der Waals surface area (Å²) in [6.45, 7) is 2.13. The number of rotatable bonds is 3. The Labute approximate surface area is 155 Å². The zero-order valence-corrected chi connectivity index (χ0v) is 16.0. The summed E-state index contributed by atoms with van der Waals surface area (Å²) in [7, 11) is 3.64. The Hall–Kier alpha value is -1.66. The fraction of sp³-hybridized carbons (Fsp3) is 0.700. The fourth-order valence-electron chi connectivity index (χ4n) is 3.66. The monoisotopic (exact) mass is 365 g/mol. The third-order valence-electron chi connectivity index (χ3n) is 4.91. The molecule has 0 radical (unpaired) electrons. The van der Waals surface area contributed by atoms with Gasteiger partial charge in [-0.25, -0.2) is 4.79 Å². The largest absolute Gasteiger partial charge is 0.461 e. The molecule has 5 atom stereocenters. The van der Waals surface area contributed by atoms with Crippen molar-refractivity contribution >= 4 is 11.9 Å². The Bertz CT molecular complexity index is 542. The average Bonchev–Trinajstić information content (AvgIpc) is 2.93. The molecule has 0 aromatic heterocycles. The normalized spacial score (nSPS) is 35.4.